The summed E-state index contributed by atoms with van der Waals surface area (Å²) in [6.45, 7) is 6.26. The van der Waals surface area contributed by atoms with Crippen molar-refractivity contribution in [3.05, 3.63) is 0 Å². The second kappa shape index (κ2) is 4.40. The molecule has 0 spiro atoms. The van der Waals surface area contributed by atoms with E-state index >= 15 is 0 Å². The molecule has 2 unspecified atom stereocenters. The Labute approximate surface area is 80.0 Å². The van der Waals surface area contributed by atoms with Crippen molar-refractivity contribution in [3.8, 4) is 0 Å². The normalized spacial score (nSPS) is 46.4. The molecule has 0 aliphatic carbocycles. The van der Waals surface area contributed by atoms with Crippen LogP contribution in [0.2, 0.25) is 0 Å². The summed E-state index contributed by atoms with van der Waals surface area (Å²) < 4.78 is 10.7. The van der Waals surface area contributed by atoms with Gasteiger partial charge in [-0.3, -0.25) is 0 Å². The van der Waals surface area contributed by atoms with Crippen LogP contribution in [0.4, 0.5) is 0 Å². The van der Waals surface area contributed by atoms with Gasteiger partial charge in [-0.25, -0.2) is 0 Å². The molecule has 3 nitrogen and oxygen atoms in total. The number of ether oxygens (including phenoxy) is 2. The van der Waals surface area contributed by atoms with E-state index in [1.54, 1.807) is 7.11 Å². The third-order valence-electron chi connectivity index (χ3n) is 3.18. The van der Waals surface area contributed by atoms with Crippen LogP contribution < -0.4 is 0 Å². The molecule has 0 amide bonds. The minimum absolute atomic E-state index is 0.211. The van der Waals surface area contributed by atoms with Crippen molar-refractivity contribution < 1.29 is 14.6 Å². The molecule has 1 saturated heterocycles. The average Bonchev–Trinajstić information content (AvgIpc) is 2.15. The van der Waals surface area contributed by atoms with E-state index in [9.17, 15) is 5.11 Å². The fraction of sp³-hybridized carbons (Fsp3) is 1.00. The zero-order chi connectivity index (χ0) is 10.0. The molecule has 13 heavy (non-hydrogen) atoms. The second-order valence-corrected chi connectivity index (χ2v) is 3.90. The minimum atomic E-state index is -0.497. The largest absolute Gasteiger partial charge is 0.388 e. The van der Waals surface area contributed by atoms with E-state index in [-0.39, 0.29) is 12.0 Å². The molecule has 1 aliphatic heterocycles. The standard InChI is InChI=1S/C10H20O3/c1-5-8-6(2)7(3)9(11)10(12-4)13-8/h6-11H,5H2,1-4H3/t6-,7+,8?,9?,10-/m1/s1. The van der Waals surface area contributed by atoms with Crippen LogP contribution in [0.1, 0.15) is 27.2 Å². The van der Waals surface area contributed by atoms with Crippen molar-refractivity contribution in [3.63, 3.8) is 0 Å². The number of aliphatic hydroxyl groups excluding tert-OH is 1. The predicted octanol–water partition coefficient (Wildman–Crippen LogP) is 1.40. The van der Waals surface area contributed by atoms with Crippen molar-refractivity contribution in [2.45, 2.75) is 45.7 Å². The first-order chi connectivity index (χ1) is 6.11. The molecule has 1 N–H and O–H groups in total. The van der Waals surface area contributed by atoms with Crippen molar-refractivity contribution >= 4 is 0 Å². The summed E-state index contributed by atoms with van der Waals surface area (Å²) in [6.07, 6.45) is 0.236. The second-order valence-electron chi connectivity index (χ2n) is 3.90. The monoisotopic (exact) mass is 188 g/mol. The van der Waals surface area contributed by atoms with Crippen molar-refractivity contribution in [2.75, 3.05) is 7.11 Å². The van der Waals surface area contributed by atoms with E-state index in [2.05, 4.69) is 13.8 Å². The van der Waals surface area contributed by atoms with Gasteiger partial charge < -0.3 is 14.6 Å². The Morgan fingerprint density at radius 2 is 1.92 bits per heavy atom. The number of aliphatic hydroxyl groups is 1. The van der Waals surface area contributed by atoms with Gasteiger partial charge in [0.1, 0.15) is 6.10 Å². The van der Waals surface area contributed by atoms with Gasteiger partial charge in [-0.1, -0.05) is 20.8 Å². The molecule has 3 heteroatoms. The minimum Gasteiger partial charge on any atom is -0.388 e. The maximum Gasteiger partial charge on any atom is 0.183 e. The summed E-state index contributed by atoms with van der Waals surface area (Å²) in [4.78, 5) is 0. The Kier molecular flexibility index (Phi) is 3.71. The molecular weight excluding hydrogens is 168 g/mol. The first-order valence-electron chi connectivity index (χ1n) is 4.98. The molecule has 1 heterocycles. The van der Waals surface area contributed by atoms with E-state index < -0.39 is 12.4 Å². The van der Waals surface area contributed by atoms with Crippen molar-refractivity contribution in [1.82, 2.24) is 0 Å². The van der Waals surface area contributed by atoms with Gasteiger partial charge >= 0.3 is 0 Å². The van der Waals surface area contributed by atoms with Crippen molar-refractivity contribution in [2.24, 2.45) is 11.8 Å². The summed E-state index contributed by atoms with van der Waals surface area (Å²) >= 11 is 0. The van der Waals surface area contributed by atoms with Crippen LogP contribution in [0.5, 0.6) is 0 Å². The van der Waals surface area contributed by atoms with Crippen LogP contribution in [0.25, 0.3) is 0 Å². The van der Waals surface area contributed by atoms with Gasteiger partial charge in [0.25, 0.3) is 0 Å². The first-order valence-corrected chi connectivity index (χ1v) is 4.98. The van der Waals surface area contributed by atoms with Gasteiger partial charge in [-0.15, -0.1) is 0 Å². The van der Waals surface area contributed by atoms with Crippen molar-refractivity contribution in [1.29, 1.82) is 0 Å². The molecule has 0 radical (unpaired) electrons. The van der Waals surface area contributed by atoms with Crippen LogP contribution >= 0.6 is 0 Å². The van der Waals surface area contributed by atoms with E-state index in [0.29, 0.717) is 5.92 Å². The Morgan fingerprint density at radius 3 is 2.38 bits per heavy atom. The summed E-state index contributed by atoms with van der Waals surface area (Å²) in [5.74, 6) is 0.634. The summed E-state index contributed by atoms with van der Waals surface area (Å²) in [5, 5.41) is 9.77. The first kappa shape index (κ1) is 11.0. The fourth-order valence-corrected chi connectivity index (χ4v) is 1.94. The lowest BCUT2D eigenvalue weighted by molar-refractivity contribution is -0.261. The van der Waals surface area contributed by atoms with Crippen LogP contribution in [-0.4, -0.2) is 30.7 Å². The van der Waals surface area contributed by atoms with Gasteiger partial charge in [-0.2, -0.15) is 0 Å². The summed E-state index contributed by atoms with van der Waals surface area (Å²) in [5.41, 5.74) is 0. The number of rotatable bonds is 2. The highest BCUT2D eigenvalue weighted by Gasteiger charge is 2.39. The third-order valence-corrected chi connectivity index (χ3v) is 3.18. The Balaban J connectivity index is 2.66. The van der Waals surface area contributed by atoms with Crippen LogP contribution in [0, 0.1) is 11.8 Å². The van der Waals surface area contributed by atoms with E-state index in [1.807, 2.05) is 6.92 Å². The molecule has 5 atom stereocenters. The number of methoxy groups -OCH3 is 1. The van der Waals surface area contributed by atoms with Gasteiger partial charge in [0.2, 0.25) is 0 Å². The molecule has 0 aromatic carbocycles. The maximum atomic E-state index is 9.77. The van der Waals surface area contributed by atoms with Crippen LogP contribution in [0.15, 0.2) is 0 Å². The highest BCUT2D eigenvalue weighted by Crippen LogP contribution is 2.32. The zero-order valence-electron chi connectivity index (χ0n) is 8.86. The molecule has 1 fully saturated rings. The fourth-order valence-electron chi connectivity index (χ4n) is 1.94. The van der Waals surface area contributed by atoms with Gasteiger partial charge in [0.05, 0.1) is 6.10 Å². The molecule has 1 aliphatic rings. The molecular formula is C10H20O3. The third kappa shape index (κ3) is 2.03. The van der Waals surface area contributed by atoms with Gasteiger partial charge in [0.15, 0.2) is 6.29 Å². The SMILES string of the molecule is CCC1O[C@@H](OC)C(O)[C@@H](C)[C@H]1C. The lowest BCUT2D eigenvalue weighted by atomic mass is 9.83. The lowest BCUT2D eigenvalue weighted by Crippen LogP contribution is -2.49. The van der Waals surface area contributed by atoms with Crippen LogP contribution in [0.3, 0.4) is 0 Å². The predicted molar refractivity (Wildman–Crippen MR) is 50.3 cm³/mol. The lowest BCUT2D eigenvalue weighted by Gasteiger charge is -2.41. The Hall–Kier alpha value is -0.120. The molecule has 0 aromatic rings. The number of hydrogen-bond donors (Lipinski definition) is 1. The molecule has 0 saturated carbocycles. The average molecular weight is 188 g/mol. The molecule has 0 aromatic heterocycles. The van der Waals surface area contributed by atoms with E-state index in [0.717, 1.165) is 6.42 Å². The summed E-state index contributed by atoms with van der Waals surface area (Å²) in [7, 11) is 1.57. The quantitative estimate of drug-likeness (QED) is 0.712. The smallest absolute Gasteiger partial charge is 0.183 e. The Bertz CT molecular complexity index is 140. The molecule has 78 valence electrons. The number of hydrogen-bond acceptors (Lipinski definition) is 3. The molecule has 1 rings (SSSR count). The maximum absolute atomic E-state index is 9.77. The highest BCUT2D eigenvalue weighted by molar-refractivity contribution is 4.83. The van der Waals surface area contributed by atoms with E-state index in [4.69, 9.17) is 9.47 Å². The molecule has 0 bridgehead atoms. The van der Waals surface area contributed by atoms with E-state index in [1.165, 1.54) is 0 Å². The zero-order valence-corrected chi connectivity index (χ0v) is 8.86. The topological polar surface area (TPSA) is 38.7 Å². The Morgan fingerprint density at radius 1 is 1.31 bits per heavy atom. The van der Waals surface area contributed by atoms with Gasteiger partial charge in [-0.05, 0) is 18.3 Å². The van der Waals surface area contributed by atoms with Gasteiger partial charge in [0, 0.05) is 7.11 Å². The van der Waals surface area contributed by atoms with Crippen LogP contribution in [-0.2, 0) is 9.47 Å². The summed E-state index contributed by atoms with van der Waals surface area (Å²) in [6, 6.07) is 0. The highest BCUT2D eigenvalue weighted by atomic mass is 16.7.